The van der Waals surface area contributed by atoms with Gasteiger partial charge in [0.15, 0.2) is 11.6 Å². The molecule has 1 atom stereocenters. The minimum atomic E-state index is -0.998. The number of nitrogens with two attached hydrogens (primary N) is 1. The summed E-state index contributed by atoms with van der Waals surface area (Å²) in [5.74, 6) is -1.54. The van der Waals surface area contributed by atoms with E-state index in [1.54, 1.807) is 0 Å². The fourth-order valence-electron chi connectivity index (χ4n) is 2.43. The number of ether oxygens (including phenoxy) is 1. The molecule has 1 aliphatic heterocycles. The van der Waals surface area contributed by atoms with Gasteiger partial charge < -0.3 is 15.8 Å². The molecular weight excluding hydrogens is 282 g/mol. The standard InChI is InChI=1S/C14H18F2N2OS/c1-8(9-4-6-19-7-5-9)18-11-3-2-10(14(17)20)12(15)13(11)16/h2-3,8-9,18H,4-7H2,1H3,(H2,17,20). The molecular formula is C14H18F2N2OS. The first kappa shape index (κ1) is 15.1. The van der Waals surface area contributed by atoms with E-state index in [1.807, 2.05) is 6.92 Å². The van der Waals surface area contributed by atoms with Crippen LogP contribution in [-0.4, -0.2) is 24.2 Å². The first-order valence-electron chi connectivity index (χ1n) is 6.62. The van der Waals surface area contributed by atoms with Crippen molar-refractivity contribution >= 4 is 22.9 Å². The number of rotatable bonds is 4. The van der Waals surface area contributed by atoms with Crippen LogP contribution in [0.15, 0.2) is 12.1 Å². The molecule has 3 N–H and O–H groups in total. The van der Waals surface area contributed by atoms with Gasteiger partial charge in [-0.3, -0.25) is 0 Å². The van der Waals surface area contributed by atoms with Crippen LogP contribution in [0.3, 0.4) is 0 Å². The van der Waals surface area contributed by atoms with Crippen LogP contribution < -0.4 is 11.1 Å². The van der Waals surface area contributed by atoms with Gasteiger partial charge in [-0.1, -0.05) is 12.2 Å². The maximum Gasteiger partial charge on any atom is 0.182 e. The molecule has 6 heteroatoms. The molecule has 0 spiro atoms. The van der Waals surface area contributed by atoms with Gasteiger partial charge >= 0.3 is 0 Å². The Morgan fingerprint density at radius 1 is 1.35 bits per heavy atom. The Hall–Kier alpha value is -1.27. The maximum atomic E-state index is 14.0. The number of hydrogen-bond donors (Lipinski definition) is 2. The summed E-state index contributed by atoms with van der Waals surface area (Å²) in [5, 5.41) is 3.03. The number of thiocarbonyl (C=S) groups is 1. The zero-order valence-electron chi connectivity index (χ0n) is 11.3. The molecule has 3 nitrogen and oxygen atoms in total. The molecule has 1 aromatic rings. The molecule has 1 heterocycles. The van der Waals surface area contributed by atoms with Crippen LogP contribution in [0.2, 0.25) is 0 Å². The average Bonchev–Trinajstić information content (AvgIpc) is 2.44. The molecule has 1 unspecified atom stereocenters. The summed E-state index contributed by atoms with van der Waals surface area (Å²) in [6.45, 7) is 3.40. The van der Waals surface area contributed by atoms with Crippen LogP contribution in [-0.2, 0) is 4.74 Å². The minimum Gasteiger partial charge on any atom is -0.389 e. The Balaban J connectivity index is 2.13. The maximum absolute atomic E-state index is 14.0. The van der Waals surface area contributed by atoms with Crippen molar-refractivity contribution in [2.45, 2.75) is 25.8 Å². The van der Waals surface area contributed by atoms with Crippen LogP contribution in [0.1, 0.15) is 25.3 Å². The minimum absolute atomic E-state index is 0.0449. The Labute approximate surface area is 122 Å². The number of halogens is 2. The second-order valence-corrected chi connectivity index (χ2v) is 5.48. The Kier molecular flexibility index (Phi) is 4.88. The van der Waals surface area contributed by atoms with Crippen molar-refractivity contribution in [1.82, 2.24) is 0 Å². The number of anilines is 1. The van der Waals surface area contributed by atoms with E-state index in [0.29, 0.717) is 19.1 Å². The van der Waals surface area contributed by atoms with Crippen LogP contribution in [0.5, 0.6) is 0 Å². The lowest BCUT2D eigenvalue weighted by atomic mass is 9.92. The van der Waals surface area contributed by atoms with Crippen molar-refractivity contribution in [3.05, 3.63) is 29.3 Å². The van der Waals surface area contributed by atoms with Gasteiger partial charge in [0.2, 0.25) is 0 Å². The normalized spacial score (nSPS) is 17.8. The van der Waals surface area contributed by atoms with E-state index in [4.69, 9.17) is 10.5 Å². The summed E-state index contributed by atoms with van der Waals surface area (Å²) in [5.41, 5.74) is 5.41. The average molecular weight is 300 g/mol. The van der Waals surface area contributed by atoms with Gasteiger partial charge in [-0.2, -0.15) is 0 Å². The Morgan fingerprint density at radius 2 is 2.00 bits per heavy atom. The van der Waals surface area contributed by atoms with Crippen molar-refractivity contribution in [2.75, 3.05) is 18.5 Å². The first-order valence-corrected chi connectivity index (χ1v) is 7.03. The smallest absolute Gasteiger partial charge is 0.182 e. The molecule has 1 fully saturated rings. The monoisotopic (exact) mass is 300 g/mol. The number of hydrogen-bond acceptors (Lipinski definition) is 3. The number of nitrogens with one attached hydrogen (secondary N) is 1. The summed E-state index contributed by atoms with van der Waals surface area (Å²) in [7, 11) is 0. The second kappa shape index (κ2) is 6.45. The van der Waals surface area contributed by atoms with Crippen molar-refractivity contribution in [3.8, 4) is 0 Å². The zero-order valence-corrected chi connectivity index (χ0v) is 12.1. The van der Waals surface area contributed by atoms with Crippen LogP contribution in [0.25, 0.3) is 0 Å². The van der Waals surface area contributed by atoms with Gasteiger partial charge in [-0.25, -0.2) is 8.78 Å². The molecule has 20 heavy (non-hydrogen) atoms. The van der Waals surface area contributed by atoms with E-state index in [1.165, 1.54) is 12.1 Å². The van der Waals surface area contributed by atoms with E-state index in [-0.39, 0.29) is 22.3 Å². The van der Waals surface area contributed by atoms with Gasteiger partial charge in [-0.15, -0.1) is 0 Å². The Morgan fingerprint density at radius 3 is 2.60 bits per heavy atom. The van der Waals surface area contributed by atoms with E-state index in [2.05, 4.69) is 17.5 Å². The molecule has 1 aromatic carbocycles. The highest BCUT2D eigenvalue weighted by atomic mass is 32.1. The lowest BCUT2D eigenvalue weighted by molar-refractivity contribution is 0.0622. The number of benzene rings is 1. The lowest BCUT2D eigenvalue weighted by Gasteiger charge is -2.29. The summed E-state index contributed by atoms with van der Waals surface area (Å²) < 4.78 is 33.1. The highest BCUT2D eigenvalue weighted by Crippen LogP contribution is 2.25. The molecule has 110 valence electrons. The third-order valence-electron chi connectivity index (χ3n) is 3.70. The zero-order chi connectivity index (χ0) is 14.7. The molecule has 1 saturated heterocycles. The predicted molar refractivity (Wildman–Crippen MR) is 78.9 cm³/mol. The third kappa shape index (κ3) is 3.24. The van der Waals surface area contributed by atoms with Crippen LogP contribution in [0, 0.1) is 17.6 Å². The molecule has 0 amide bonds. The molecule has 0 saturated carbocycles. The highest BCUT2D eigenvalue weighted by Gasteiger charge is 2.22. The SMILES string of the molecule is CC(Nc1ccc(C(N)=S)c(F)c1F)C1CCOCC1. The van der Waals surface area contributed by atoms with Crippen molar-refractivity contribution in [3.63, 3.8) is 0 Å². The summed E-state index contributed by atoms with van der Waals surface area (Å²) >= 11 is 4.68. The molecule has 1 aliphatic rings. The van der Waals surface area contributed by atoms with Crippen LogP contribution in [0.4, 0.5) is 14.5 Å². The van der Waals surface area contributed by atoms with Gasteiger partial charge in [0.1, 0.15) is 4.99 Å². The summed E-state index contributed by atoms with van der Waals surface area (Å²) in [6.07, 6.45) is 1.84. The first-order chi connectivity index (χ1) is 9.50. The highest BCUT2D eigenvalue weighted by molar-refractivity contribution is 7.80. The molecule has 2 rings (SSSR count). The van der Waals surface area contributed by atoms with Gasteiger partial charge in [0.25, 0.3) is 0 Å². The fourth-order valence-corrected chi connectivity index (χ4v) is 2.59. The third-order valence-corrected chi connectivity index (χ3v) is 3.92. The van der Waals surface area contributed by atoms with E-state index in [0.717, 1.165) is 12.8 Å². The molecule has 0 radical (unpaired) electrons. The second-order valence-electron chi connectivity index (χ2n) is 5.04. The van der Waals surface area contributed by atoms with Gasteiger partial charge in [0.05, 0.1) is 5.69 Å². The van der Waals surface area contributed by atoms with E-state index >= 15 is 0 Å². The van der Waals surface area contributed by atoms with Gasteiger partial charge in [-0.05, 0) is 37.8 Å². The van der Waals surface area contributed by atoms with Crippen molar-refractivity contribution < 1.29 is 13.5 Å². The molecule has 0 aromatic heterocycles. The van der Waals surface area contributed by atoms with E-state index in [9.17, 15) is 8.78 Å². The summed E-state index contributed by atoms with van der Waals surface area (Å²) in [6, 6.07) is 2.92. The lowest BCUT2D eigenvalue weighted by Crippen LogP contribution is -2.31. The van der Waals surface area contributed by atoms with Gasteiger partial charge in [0, 0.05) is 24.8 Å². The summed E-state index contributed by atoms with van der Waals surface area (Å²) in [4.78, 5) is -0.148. The fraction of sp³-hybridized carbons (Fsp3) is 0.500. The predicted octanol–water partition coefficient (Wildman–Crippen LogP) is 2.83. The van der Waals surface area contributed by atoms with E-state index < -0.39 is 11.6 Å². The van der Waals surface area contributed by atoms with Crippen LogP contribution >= 0.6 is 12.2 Å². The molecule has 0 bridgehead atoms. The topological polar surface area (TPSA) is 47.3 Å². The largest absolute Gasteiger partial charge is 0.389 e. The quantitative estimate of drug-likeness (QED) is 0.840. The van der Waals surface area contributed by atoms with Crippen molar-refractivity contribution in [1.29, 1.82) is 0 Å². The molecule has 0 aliphatic carbocycles. The van der Waals surface area contributed by atoms with Crippen molar-refractivity contribution in [2.24, 2.45) is 11.7 Å². The Bertz CT molecular complexity index is 504.